The van der Waals surface area contributed by atoms with Gasteiger partial charge in [-0.05, 0) is 30.7 Å². The lowest BCUT2D eigenvalue weighted by molar-refractivity contribution is -0.386. The topological polar surface area (TPSA) is 136 Å². The van der Waals surface area contributed by atoms with Crippen LogP contribution in [0.25, 0.3) is 0 Å². The van der Waals surface area contributed by atoms with Crippen LogP contribution in [0.4, 0.5) is 5.69 Å². The minimum atomic E-state index is -3.60. The van der Waals surface area contributed by atoms with Gasteiger partial charge in [-0.15, -0.1) is 0 Å². The second-order valence-electron chi connectivity index (χ2n) is 7.06. The molecule has 2 aromatic rings. The van der Waals surface area contributed by atoms with Crippen molar-refractivity contribution in [2.45, 2.75) is 19.2 Å². The third-order valence-corrected chi connectivity index (χ3v) is 5.85. The van der Waals surface area contributed by atoms with Gasteiger partial charge in [-0.25, -0.2) is 8.42 Å². The van der Waals surface area contributed by atoms with E-state index in [4.69, 9.17) is 9.47 Å². The number of carbonyl (C=O) groups excluding carboxylic acids is 1. The summed E-state index contributed by atoms with van der Waals surface area (Å²) in [6.07, 6.45) is -0.137. The highest BCUT2D eigenvalue weighted by Crippen LogP contribution is 2.45. The quantitative estimate of drug-likeness (QED) is 0.479. The van der Waals surface area contributed by atoms with Crippen LogP contribution in [0.2, 0.25) is 0 Å². The first-order chi connectivity index (χ1) is 14.6. The Hall–Kier alpha value is -3.18. The van der Waals surface area contributed by atoms with Crippen LogP contribution < -0.4 is 4.74 Å². The Labute approximate surface area is 179 Å². The largest absolute Gasteiger partial charge is 0.504 e. The summed E-state index contributed by atoms with van der Waals surface area (Å²) in [6, 6.07) is 7.33. The number of hydrogen-bond acceptors (Lipinski definition) is 8. The number of aromatic hydroxyl groups is 1. The number of ether oxygens (including phenoxy) is 2. The zero-order valence-electron chi connectivity index (χ0n) is 17.1. The minimum Gasteiger partial charge on any atom is -0.504 e. The average molecular weight is 450 g/mol. The fourth-order valence-electron chi connectivity index (χ4n) is 3.71. The SMILES string of the molecule is CCOc1cc([C@@H](CS(C)(=O)=O)N2C(=O)c3cccc([N+](=O)[O-])c3C2OC)ccc1O. The highest BCUT2D eigenvalue weighted by molar-refractivity contribution is 7.90. The second kappa shape index (κ2) is 8.52. The zero-order chi connectivity index (χ0) is 22.9. The third-order valence-electron chi connectivity index (χ3n) is 4.93. The highest BCUT2D eigenvalue weighted by Gasteiger charge is 2.46. The van der Waals surface area contributed by atoms with Gasteiger partial charge < -0.3 is 19.5 Å². The van der Waals surface area contributed by atoms with E-state index in [9.17, 15) is 28.4 Å². The number of phenolic OH excluding ortho intramolecular Hbond substituents is 1. The first-order valence-electron chi connectivity index (χ1n) is 9.35. The summed E-state index contributed by atoms with van der Waals surface area (Å²) in [6.45, 7) is 1.98. The molecule has 2 atom stereocenters. The lowest BCUT2D eigenvalue weighted by Crippen LogP contribution is -2.37. The number of rotatable bonds is 8. The standard InChI is InChI=1S/C20H22N2O8S/c1-4-30-17-10-12(8-9-16(17)23)15(11-31(3,27)28)21-19(24)13-6-5-7-14(22(25)26)18(13)20(21)29-2/h5-10,15,20,23H,4,11H2,1-3H3/t15-,20?/m1/s1. The first kappa shape index (κ1) is 22.5. The van der Waals surface area contributed by atoms with E-state index >= 15 is 0 Å². The molecule has 3 rings (SSSR count). The molecule has 1 aliphatic rings. The van der Waals surface area contributed by atoms with Crippen molar-refractivity contribution in [1.29, 1.82) is 0 Å². The summed E-state index contributed by atoms with van der Waals surface area (Å²) in [5.74, 6) is -1.07. The lowest BCUT2D eigenvalue weighted by atomic mass is 10.1. The van der Waals surface area contributed by atoms with E-state index in [1.165, 1.54) is 48.4 Å². The number of nitro benzene ring substituents is 1. The number of amides is 1. The molecule has 1 unspecified atom stereocenters. The minimum absolute atomic E-state index is 0.0716. The number of hydrogen-bond donors (Lipinski definition) is 1. The van der Waals surface area contributed by atoms with Crippen molar-refractivity contribution < 1.29 is 32.7 Å². The molecule has 1 aliphatic heterocycles. The van der Waals surface area contributed by atoms with Crippen LogP contribution in [0.3, 0.4) is 0 Å². The zero-order valence-corrected chi connectivity index (χ0v) is 18.0. The molecule has 0 saturated carbocycles. The van der Waals surface area contributed by atoms with Crippen LogP contribution >= 0.6 is 0 Å². The summed E-state index contributed by atoms with van der Waals surface area (Å²) < 4.78 is 35.3. The molecule has 166 valence electrons. The Morgan fingerprint density at radius 1 is 1.29 bits per heavy atom. The number of carbonyl (C=O) groups is 1. The van der Waals surface area contributed by atoms with Gasteiger partial charge in [-0.1, -0.05) is 12.1 Å². The molecule has 1 N–H and O–H groups in total. The molecule has 0 spiro atoms. The highest BCUT2D eigenvalue weighted by atomic mass is 32.2. The smallest absolute Gasteiger partial charge is 0.277 e. The van der Waals surface area contributed by atoms with Crippen molar-refractivity contribution in [2.75, 3.05) is 25.7 Å². The summed E-state index contributed by atoms with van der Waals surface area (Å²) in [7, 11) is -2.31. The Kier molecular flexibility index (Phi) is 6.18. The van der Waals surface area contributed by atoms with Gasteiger partial charge in [0.25, 0.3) is 11.6 Å². The predicted molar refractivity (Wildman–Crippen MR) is 111 cm³/mol. The summed E-state index contributed by atoms with van der Waals surface area (Å²) in [5.41, 5.74) is 0.224. The molecule has 0 bridgehead atoms. The summed E-state index contributed by atoms with van der Waals surface area (Å²) in [5, 5.41) is 21.6. The number of sulfone groups is 1. The van der Waals surface area contributed by atoms with E-state index in [2.05, 4.69) is 0 Å². The lowest BCUT2D eigenvalue weighted by Gasteiger charge is -2.32. The van der Waals surface area contributed by atoms with Gasteiger partial charge in [-0.2, -0.15) is 0 Å². The van der Waals surface area contributed by atoms with Crippen LogP contribution in [0.1, 0.15) is 40.7 Å². The molecule has 1 heterocycles. The Morgan fingerprint density at radius 2 is 2.00 bits per heavy atom. The van der Waals surface area contributed by atoms with Gasteiger partial charge in [-0.3, -0.25) is 14.9 Å². The number of phenols is 1. The normalized spacial score (nSPS) is 16.8. The maximum atomic E-state index is 13.3. The van der Waals surface area contributed by atoms with E-state index in [1.807, 2.05) is 0 Å². The fraction of sp³-hybridized carbons (Fsp3) is 0.350. The first-order valence-corrected chi connectivity index (χ1v) is 11.4. The van der Waals surface area contributed by atoms with Gasteiger partial charge in [0.15, 0.2) is 17.7 Å². The van der Waals surface area contributed by atoms with Crippen molar-refractivity contribution in [2.24, 2.45) is 0 Å². The van der Waals surface area contributed by atoms with Gasteiger partial charge in [0.2, 0.25) is 0 Å². The van der Waals surface area contributed by atoms with E-state index < -0.39 is 38.7 Å². The number of fused-ring (bicyclic) bond motifs is 1. The molecule has 0 aliphatic carbocycles. The molecule has 11 heteroatoms. The molecule has 2 aromatic carbocycles. The van der Waals surface area contributed by atoms with Crippen LogP contribution in [0, 0.1) is 10.1 Å². The van der Waals surface area contributed by atoms with Crippen LogP contribution in [0.5, 0.6) is 11.5 Å². The molecular formula is C20H22N2O8S. The maximum Gasteiger partial charge on any atom is 0.277 e. The van der Waals surface area contributed by atoms with Crippen LogP contribution in [-0.2, 0) is 14.6 Å². The maximum absolute atomic E-state index is 13.3. The number of nitrogens with zero attached hydrogens (tertiary/aromatic N) is 2. The molecule has 0 radical (unpaired) electrons. The van der Waals surface area contributed by atoms with Crippen LogP contribution in [-0.4, -0.2) is 55.0 Å². The molecule has 1 amide bonds. The number of benzene rings is 2. The third kappa shape index (κ3) is 4.32. The monoisotopic (exact) mass is 450 g/mol. The van der Waals surface area contributed by atoms with Crippen molar-refractivity contribution in [1.82, 2.24) is 4.90 Å². The molecule has 0 aromatic heterocycles. The summed E-state index contributed by atoms with van der Waals surface area (Å²) >= 11 is 0. The average Bonchev–Trinajstić information content (AvgIpc) is 2.99. The van der Waals surface area contributed by atoms with E-state index in [0.717, 1.165) is 6.26 Å². The van der Waals surface area contributed by atoms with E-state index in [1.54, 1.807) is 6.92 Å². The van der Waals surface area contributed by atoms with Crippen molar-refractivity contribution in [3.63, 3.8) is 0 Å². The van der Waals surface area contributed by atoms with Gasteiger partial charge >= 0.3 is 0 Å². The predicted octanol–water partition coefficient (Wildman–Crippen LogP) is 2.59. The Morgan fingerprint density at radius 3 is 2.58 bits per heavy atom. The number of methoxy groups -OCH3 is 1. The molecule has 0 saturated heterocycles. The molecule has 0 fully saturated rings. The molecule has 10 nitrogen and oxygen atoms in total. The van der Waals surface area contributed by atoms with Gasteiger partial charge in [0.05, 0.1) is 34.5 Å². The Bertz CT molecular complexity index is 1130. The molecular weight excluding hydrogens is 428 g/mol. The van der Waals surface area contributed by atoms with Gasteiger partial charge in [0.1, 0.15) is 9.84 Å². The fourth-order valence-corrected chi connectivity index (χ4v) is 4.64. The van der Waals surface area contributed by atoms with E-state index in [0.29, 0.717) is 5.56 Å². The van der Waals surface area contributed by atoms with Gasteiger partial charge in [0, 0.05) is 19.4 Å². The van der Waals surface area contributed by atoms with Crippen molar-refractivity contribution in [3.05, 3.63) is 63.2 Å². The van der Waals surface area contributed by atoms with Crippen molar-refractivity contribution in [3.8, 4) is 11.5 Å². The Balaban J connectivity index is 2.18. The van der Waals surface area contributed by atoms with E-state index in [-0.39, 0.29) is 34.9 Å². The van der Waals surface area contributed by atoms with Crippen LogP contribution in [0.15, 0.2) is 36.4 Å². The van der Waals surface area contributed by atoms with Crippen molar-refractivity contribution >= 4 is 21.4 Å². The summed E-state index contributed by atoms with van der Waals surface area (Å²) in [4.78, 5) is 25.4. The molecule has 31 heavy (non-hydrogen) atoms. The number of nitro groups is 1. The second-order valence-corrected chi connectivity index (χ2v) is 9.25.